The van der Waals surface area contributed by atoms with E-state index in [9.17, 15) is 19.5 Å². The van der Waals surface area contributed by atoms with Gasteiger partial charge in [0.05, 0.1) is 25.9 Å². The number of carbonyl (C=O) groups excluding carboxylic acids is 3. The molecule has 2 saturated heterocycles. The number of para-hydroxylation sites is 1. The van der Waals surface area contributed by atoms with Crippen LogP contribution in [0.1, 0.15) is 23.1 Å². The lowest BCUT2D eigenvalue weighted by molar-refractivity contribution is -0.143. The molecule has 3 aliphatic heterocycles. The molecule has 2 aromatic carbocycles. The van der Waals surface area contributed by atoms with Crippen molar-refractivity contribution in [3.8, 4) is 5.75 Å². The topological polar surface area (TPSA) is 99.6 Å². The minimum absolute atomic E-state index is 0.189. The normalized spacial score (nSPS) is 23.3. The van der Waals surface area contributed by atoms with Crippen LogP contribution in [-0.4, -0.2) is 86.1 Å². The number of hydrogen-bond donors (Lipinski definition) is 1. The Bertz CT molecular complexity index is 1300. The highest BCUT2D eigenvalue weighted by Crippen LogP contribution is 2.53. The molecule has 9 heteroatoms. The molecule has 1 spiro atoms. The fourth-order valence-corrected chi connectivity index (χ4v) is 5.72. The lowest BCUT2D eigenvalue weighted by atomic mass is 9.81. The number of rotatable bonds is 6. The van der Waals surface area contributed by atoms with Gasteiger partial charge in [0.15, 0.2) is 5.54 Å². The van der Waals surface area contributed by atoms with Crippen molar-refractivity contribution in [3.05, 3.63) is 64.7 Å². The van der Waals surface area contributed by atoms with Crippen LogP contribution in [0, 0.1) is 6.92 Å². The number of carbonyl (C=O) groups is 3. The van der Waals surface area contributed by atoms with Gasteiger partial charge >= 0.3 is 0 Å². The summed E-state index contributed by atoms with van der Waals surface area (Å²) >= 11 is 0. The molecular formula is C28H31N3O6. The number of hydrogen-bond acceptors (Lipinski definition) is 7. The number of aryl methyl sites for hydroxylation is 1. The van der Waals surface area contributed by atoms with Gasteiger partial charge in [-0.1, -0.05) is 18.2 Å². The van der Waals surface area contributed by atoms with E-state index in [2.05, 4.69) is 4.90 Å². The summed E-state index contributed by atoms with van der Waals surface area (Å²) in [5.74, 6) is -1.84. The third-order valence-electron chi connectivity index (χ3n) is 7.57. The third-order valence-corrected chi connectivity index (χ3v) is 7.57. The van der Waals surface area contributed by atoms with Gasteiger partial charge in [-0.05, 0) is 43.2 Å². The summed E-state index contributed by atoms with van der Waals surface area (Å²) in [6.07, 6.45) is 0.565. The monoisotopic (exact) mass is 505 g/mol. The minimum Gasteiger partial charge on any atom is -0.507 e. The van der Waals surface area contributed by atoms with Crippen LogP contribution in [0.25, 0.3) is 5.76 Å². The van der Waals surface area contributed by atoms with Crippen molar-refractivity contribution in [2.24, 2.45) is 0 Å². The van der Waals surface area contributed by atoms with Crippen LogP contribution in [0.2, 0.25) is 0 Å². The number of nitrogens with zero attached hydrogens (tertiary/aromatic N) is 3. The van der Waals surface area contributed by atoms with Gasteiger partial charge in [0.1, 0.15) is 11.5 Å². The largest absolute Gasteiger partial charge is 0.507 e. The van der Waals surface area contributed by atoms with Gasteiger partial charge in [-0.2, -0.15) is 0 Å². The quantitative estimate of drug-likeness (QED) is 0.365. The first kappa shape index (κ1) is 25.0. The average molecular weight is 506 g/mol. The molecule has 0 aliphatic carbocycles. The number of benzene rings is 2. The number of ether oxygens (including phenoxy) is 2. The summed E-state index contributed by atoms with van der Waals surface area (Å²) in [5, 5.41) is 11.5. The SMILES string of the molecule is COc1ccc(C(O)=C2C(=O)C(=O)N(CCCN3CCOCC3)C23C(=O)N(C)c2ccccc23)cc1C. The highest BCUT2D eigenvalue weighted by atomic mass is 16.5. The van der Waals surface area contributed by atoms with Crippen LogP contribution in [0.3, 0.4) is 0 Å². The Balaban J connectivity index is 1.64. The van der Waals surface area contributed by atoms with Crippen LogP contribution < -0.4 is 9.64 Å². The summed E-state index contributed by atoms with van der Waals surface area (Å²) in [6, 6.07) is 12.1. The van der Waals surface area contributed by atoms with Gasteiger partial charge < -0.3 is 24.4 Å². The number of likely N-dealkylation sites (N-methyl/N-ethyl adjacent to an activating group) is 1. The molecule has 0 radical (unpaired) electrons. The number of Topliss-reactive ketones (excluding diaryl/α,β-unsaturated/α-hetero) is 1. The Labute approximate surface area is 215 Å². The van der Waals surface area contributed by atoms with E-state index in [0.29, 0.717) is 48.7 Å². The number of amides is 2. The lowest BCUT2D eigenvalue weighted by Crippen LogP contribution is -2.52. The zero-order valence-corrected chi connectivity index (χ0v) is 21.3. The van der Waals surface area contributed by atoms with E-state index >= 15 is 0 Å². The molecule has 194 valence electrons. The van der Waals surface area contributed by atoms with Crippen LogP contribution in [0.5, 0.6) is 5.75 Å². The third kappa shape index (κ3) is 3.81. The molecule has 2 aromatic rings. The Morgan fingerprint density at radius 3 is 2.51 bits per heavy atom. The van der Waals surface area contributed by atoms with E-state index in [1.165, 1.54) is 9.80 Å². The van der Waals surface area contributed by atoms with Gasteiger partial charge in [-0.15, -0.1) is 0 Å². The van der Waals surface area contributed by atoms with Crippen LogP contribution in [-0.2, 0) is 24.7 Å². The lowest BCUT2D eigenvalue weighted by Gasteiger charge is -2.35. The molecule has 0 aromatic heterocycles. The summed E-state index contributed by atoms with van der Waals surface area (Å²) in [5.41, 5.74) is 0.265. The molecule has 9 nitrogen and oxygen atoms in total. The highest BCUT2D eigenvalue weighted by molar-refractivity contribution is 6.50. The standard InChI is InChI=1S/C28H31N3O6/c1-18-17-19(9-10-22(18)36-3)24(32)23-25(33)26(34)31(12-6-11-30-13-15-37-16-14-30)28(23)20-7-4-5-8-21(20)29(2)27(28)35/h4-5,7-10,17,32H,6,11-16H2,1-3H3. The number of methoxy groups -OCH3 is 1. The molecule has 3 heterocycles. The number of aliphatic hydroxyl groups excluding tert-OH is 1. The molecule has 1 N–H and O–H groups in total. The Morgan fingerprint density at radius 1 is 1.08 bits per heavy atom. The fraction of sp³-hybridized carbons (Fsp3) is 0.393. The summed E-state index contributed by atoms with van der Waals surface area (Å²) in [4.78, 5) is 46.2. The summed E-state index contributed by atoms with van der Waals surface area (Å²) < 4.78 is 10.7. The maximum absolute atomic E-state index is 14.1. The molecule has 2 amide bonds. The van der Waals surface area contributed by atoms with E-state index < -0.39 is 23.1 Å². The minimum atomic E-state index is -1.73. The molecule has 3 aliphatic rings. The second kappa shape index (κ2) is 9.64. The smallest absolute Gasteiger partial charge is 0.296 e. The Kier molecular flexibility index (Phi) is 6.51. The fourth-order valence-electron chi connectivity index (χ4n) is 5.72. The number of fused-ring (bicyclic) bond motifs is 2. The van der Waals surface area contributed by atoms with Gasteiger partial charge in [-0.3, -0.25) is 19.3 Å². The maximum Gasteiger partial charge on any atom is 0.296 e. The van der Waals surface area contributed by atoms with Crippen molar-refractivity contribution in [1.29, 1.82) is 0 Å². The van der Waals surface area contributed by atoms with Gasteiger partial charge in [0.2, 0.25) is 0 Å². The zero-order chi connectivity index (χ0) is 26.3. The number of morpholine rings is 1. The van der Waals surface area contributed by atoms with E-state index in [4.69, 9.17) is 9.47 Å². The maximum atomic E-state index is 14.1. The molecule has 2 fully saturated rings. The van der Waals surface area contributed by atoms with E-state index in [-0.39, 0.29) is 17.9 Å². The predicted octanol–water partition coefficient (Wildman–Crippen LogP) is 2.28. The summed E-state index contributed by atoms with van der Waals surface area (Å²) in [6.45, 7) is 5.61. The first-order valence-corrected chi connectivity index (χ1v) is 12.4. The zero-order valence-electron chi connectivity index (χ0n) is 21.3. The van der Waals surface area contributed by atoms with Crippen LogP contribution in [0.4, 0.5) is 5.69 Å². The number of ketones is 1. The first-order valence-electron chi connectivity index (χ1n) is 12.4. The molecule has 37 heavy (non-hydrogen) atoms. The van der Waals surface area contributed by atoms with Crippen LogP contribution >= 0.6 is 0 Å². The predicted molar refractivity (Wildman–Crippen MR) is 137 cm³/mol. The molecule has 0 bridgehead atoms. The van der Waals surface area contributed by atoms with Crippen molar-refractivity contribution >= 4 is 29.0 Å². The van der Waals surface area contributed by atoms with Crippen molar-refractivity contribution < 1.29 is 29.0 Å². The van der Waals surface area contributed by atoms with Gasteiger partial charge in [0.25, 0.3) is 17.6 Å². The molecule has 0 saturated carbocycles. The van der Waals surface area contributed by atoms with Crippen LogP contribution in [0.15, 0.2) is 48.0 Å². The number of anilines is 1. The van der Waals surface area contributed by atoms with E-state index in [1.54, 1.807) is 56.6 Å². The van der Waals surface area contributed by atoms with E-state index in [0.717, 1.165) is 18.7 Å². The second-order valence-corrected chi connectivity index (χ2v) is 9.59. The van der Waals surface area contributed by atoms with Crippen molar-refractivity contribution in [1.82, 2.24) is 9.80 Å². The molecule has 1 atom stereocenters. The Morgan fingerprint density at radius 2 is 1.81 bits per heavy atom. The van der Waals surface area contributed by atoms with Gasteiger partial charge in [0, 0.05) is 50.0 Å². The van der Waals surface area contributed by atoms with Gasteiger partial charge in [-0.25, -0.2) is 0 Å². The molecule has 5 rings (SSSR count). The Hall–Kier alpha value is -3.69. The highest BCUT2D eigenvalue weighted by Gasteiger charge is 2.66. The first-order chi connectivity index (χ1) is 17.8. The van der Waals surface area contributed by atoms with E-state index in [1.807, 2.05) is 6.92 Å². The van der Waals surface area contributed by atoms with Crippen molar-refractivity contribution in [2.45, 2.75) is 18.9 Å². The number of likely N-dealkylation sites (tertiary alicyclic amines) is 1. The van der Waals surface area contributed by atoms with Crippen molar-refractivity contribution in [3.63, 3.8) is 0 Å². The average Bonchev–Trinajstić information content (AvgIpc) is 3.27. The summed E-state index contributed by atoms with van der Waals surface area (Å²) in [7, 11) is 3.18. The van der Waals surface area contributed by atoms with Crippen molar-refractivity contribution in [2.75, 3.05) is 58.5 Å². The molecule has 1 unspecified atom stereocenters. The second-order valence-electron chi connectivity index (χ2n) is 9.59. The molecular weight excluding hydrogens is 474 g/mol. The number of aliphatic hydroxyl groups is 1.